The van der Waals surface area contributed by atoms with E-state index >= 15 is 0 Å². The molecule has 140 valence electrons. The summed E-state index contributed by atoms with van der Waals surface area (Å²) in [4.78, 5) is 16.5. The van der Waals surface area contributed by atoms with Crippen LogP contribution in [0.4, 0.5) is 10.1 Å². The van der Waals surface area contributed by atoms with Gasteiger partial charge < -0.3 is 5.32 Å². The normalized spacial score (nSPS) is 10.8. The lowest BCUT2D eigenvalue weighted by Gasteiger charge is -2.09. The molecule has 2 heterocycles. The summed E-state index contributed by atoms with van der Waals surface area (Å²) in [5.41, 5.74) is 3.66. The third-order valence-corrected chi connectivity index (χ3v) is 4.47. The predicted molar refractivity (Wildman–Crippen MR) is 102 cm³/mol. The van der Waals surface area contributed by atoms with Gasteiger partial charge in [-0.1, -0.05) is 18.2 Å². The number of nitrogens with zero attached hydrogens (tertiary/aromatic N) is 5. The lowest BCUT2D eigenvalue weighted by molar-refractivity contribution is 0.102. The van der Waals surface area contributed by atoms with Crippen LogP contribution in [0.25, 0.3) is 11.4 Å². The molecule has 0 aliphatic rings. The van der Waals surface area contributed by atoms with Crippen LogP contribution >= 0.6 is 0 Å². The van der Waals surface area contributed by atoms with E-state index in [9.17, 15) is 9.18 Å². The molecule has 0 bridgehead atoms. The molecule has 0 spiro atoms. The number of carbonyl (C=O) groups excluding carboxylic acids is 1. The fourth-order valence-electron chi connectivity index (χ4n) is 2.98. The van der Waals surface area contributed by atoms with Crippen LogP contribution in [0.5, 0.6) is 0 Å². The predicted octanol–water partition coefficient (Wildman–Crippen LogP) is 3.46. The number of rotatable bonds is 4. The average Bonchev–Trinajstić information content (AvgIpc) is 3.32. The summed E-state index contributed by atoms with van der Waals surface area (Å²) in [5.74, 6) is -0.874. The molecule has 8 heteroatoms. The summed E-state index contributed by atoms with van der Waals surface area (Å²) in [7, 11) is 0. The summed E-state index contributed by atoms with van der Waals surface area (Å²) in [6.45, 7) is 3.80. The molecule has 7 nitrogen and oxygen atoms in total. The van der Waals surface area contributed by atoms with Gasteiger partial charge in [0.1, 0.15) is 18.3 Å². The van der Waals surface area contributed by atoms with Crippen molar-refractivity contribution in [2.75, 3.05) is 5.32 Å². The van der Waals surface area contributed by atoms with E-state index in [1.54, 1.807) is 10.7 Å². The van der Waals surface area contributed by atoms with Crippen LogP contribution in [0.1, 0.15) is 21.6 Å². The Morgan fingerprint density at radius 2 is 1.89 bits per heavy atom. The Hall–Kier alpha value is -3.81. The summed E-state index contributed by atoms with van der Waals surface area (Å²) in [5, 5.41) is 11.0. The molecule has 2 aromatic heterocycles. The first-order valence-electron chi connectivity index (χ1n) is 8.61. The summed E-state index contributed by atoms with van der Waals surface area (Å²) < 4.78 is 17.4. The maximum atomic E-state index is 14.4. The molecule has 0 saturated carbocycles. The van der Waals surface area contributed by atoms with Crippen LogP contribution in [0.2, 0.25) is 0 Å². The average molecular weight is 376 g/mol. The molecule has 0 aliphatic carbocycles. The first-order valence-corrected chi connectivity index (χ1v) is 8.61. The largest absolute Gasteiger partial charge is 0.322 e. The smallest absolute Gasteiger partial charge is 0.259 e. The highest BCUT2D eigenvalue weighted by molar-refractivity contribution is 6.05. The van der Waals surface area contributed by atoms with Crippen molar-refractivity contribution in [2.24, 2.45) is 0 Å². The van der Waals surface area contributed by atoms with Gasteiger partial charge >= 0.3 is 0 Å². The van der Waals surface area contributed by atoms with Crippen LogP contribution < -0.4 is 5.32 Å². The van der Waals surface area contributed by atoms with E-state index in [2.05, 4.69) is 20.5 Å². The third kappa shape index (κ3) is 3.16. The molecule has 0 aliphatic heterocycles. The van der Waals surface area contributed by atoms with Crippen LogP contribution in [-0.4, -0.2) is 30.5 Å². The molecule has 1 N–H and O–H groups in total. The van der Waals surface area contributed by atoms with E-state index < -0.39 is 5.82 Å². The molecule has 2 aromatic carbocycles. The number of nitrogens with one attached hydrogen (secondary N) is 1. The van der Waals surface area contributed by atoms with Crippen molar-refractivity contribution in [3.05, 3.63) is 84.0 Å². The van der Waals surface area contributed by atoms with E-state index in [0.29, 0.717) is 16.9 Å². The number of carbonyl (C=O) groups is 1. The zero-order valence-corrected chi connectivity index (χ0v) is 15.3. The molecule has 0 fully saturated rings. The Labute approximate surface area is 160 Å². The van der Waals surface area contributed by atoms with Gasteiger partial charge in [-0.3, -0.25) is 4.79 Å². The first kappa shape index (κ1) is 17.6. The second kappa shape index (κ2) is 7.07. The van der Waals surface area contributed by atoms with Crippen LogP contribution in [0.15, 0.2) is 61.3 Å². The van der Waals surface area contributed by atoms with Gasteiger partial charge in [0.15, 0.2) is 5.82 Å². The lowest BCUT2D eigenvalue weighted by atomic mass is 10.2. The van der Waals surface area contributed by atoms with Crippen molar-refractivity contribution < 1.29 is 9.18 Å². The van der Waals surface area contributed by atoms with Gasteiger partial charge in [0.25, 0.3) is 5.91 Å². The Kier molecular flexibility index (Phi) is 4.44. The van der Waals surface area contributed by atoms with Crippen LogP contribution in [0, 0.1) is 19.7 Å². The molecular formula is C20H17FN6O. The molecule has 0 saturated heterocycles. The zero-order valence-electron chi connectivity index (χ0n) is 15.3. The molecule has 28 heavy (non-hydrogen) atoms. The van der Waals surface area contributed by atoms with E-state index in [4.69, 9.17) is 0 Å². The number of hydrogen-bond acceptors (Lipinski definition) is 4. The van der Waals surface area contributed by atoms with Gasteiger partial charge in [-0.25, -0.2) is 18.7 Å². The van der Waals surface area contributed by atoms with Crippen molar-refractivity contribution in [1.29, 1.82) is 0 Å². The van der Waals surface area contributed by atoms with E-state index in [0.717, 1.165) is 11.3 Å². The van der Waals surface area contributed by atoms with Gasteiger partial charge in [0, 0.05) is 5.69 Å². The standard InChI is InChI=1S/C20H17FN6O/c1-13-5-3-4-6-18(13)27-14(2)16(10-23-27)20(28)25-15-7-8-19(17(21)9-15)26-12-22-11-24-26/h3-12H,1-2H3,(H,25,28). The maximum Gasteiger partial charge on any atom is 0.259 e. The number of amides is 1. The van der Waals surface area contributed by atoms with Crippen LogP contribution in [-0.2, 0) is 0 Å². The number of benzene rings is 2. The second-order valence-electron chi connectivity index (χ2n) is 6.30. The molecular weight excluding hydrogens is 359 g/mol. The molecule has 0 unspecified atom stereocenters. The number of anilines is 1. The van der Waals surface area contributed by atoms with Crippen molar-refractivity contribution in [2.45, 2.75) is 13.8 Å². The summed E-state index contributed by atoms with van der Waals surface area (Å²) in [6, 6.07) is 12.2. The summed E-state index contributed by atoms with van der Waals surface area (Å²) >= 11 is 0. The SMILES string of the molecule is Cc1ccccc1-n1ncc(C(=O)Nc2ccc(-n3cncn3)c(F)c2)c1C. The van der Waals surface area contributed by atoms with Crippen LogP contribution in [0.3, 0.4) is 0 Å². The summed E-state index contributed by atoms with van der Waals surface area (Å²) in [6.07, 6.45) is 4.24. The highest BCUT2D eigenvalue weighted by Gasteiger charge is 2.17. The molecule has 0 atom stereocenters. The second-order valence-corrected chi connectivity index (χ2v) is 6.30. The molecule has 4 rings (SSSR count). The Morgan fingerprint density at radius 1 is 1.07 bits per heavy atom. The van der Waals surface area contributed by atoms with Gasteiger partial charge in [0.2, 0.25) is 0 Å². The van der Waals surface area contributed by atoms with Gasteiger partial charge in [-0.15, -0.1) is 0 Å². The minimum absolute atomic E-state index is 0.249. The van der Waals surface area contributed by atoms with E-state index in [-0.39, 0.29) is 11.6 Å². The highest BCUT2D eigenvalue weighted by atomic mass is 19.1. The molecule has 0 radical (unpaired) electrons. The minimum Gasteiger partial charge on any atom is -0.322 e. The first-order chi connectivity index (χ1) is 13.5. The Bertz CT molecular complexity index is 1150. The maximum absolute atomic E-state index is 14.4. The number of aromatic nitrogens is 5. The van der Waals surface area contributed by atoms with Crippen molar-refractivity contribution in [3.63, 3.8) is 0 Å². The minimum atomic E-state index is -0.518. The topological polar surface area (TPSA) is 77.6 Å². The quantitative estimate of drug-likeness (QED) is 0.592. The fourth-order valence-corrected chi connectivity index (χ4v) is 2.98. The highest BCUT2D eigenvalue weighted by Crippen LogP contribution is 2.21. The van der Waals surface area contributed by atoms with E-state index in [1.165, 1.54) is 35.7 Å². The van der Waals surface area contributed by atoms with E-state index in [1.807, 2.05) is 38.1 Å². The van der Waals surface area contributed by atoms with Crippen molar-refractivity contribution >= 4 is 11.6 Å². The van der Waals surface area contributed by atoms with Gasteiger partial charge in [-0.05, 0) is 43.7 Å². The number of para-hydroxylation sites is 1. The number of hydrogen-bond donors (Lipinski definition) is 1. The molecule has 4 aromatic rings. The lowest BCUT2D eigenvalue weighted by Crippen LogP contribution is -2.13. The Balaban J connectivity index is 1.58. The zero-order chi connectivity index (χ0) is 19.7. The fraction of sp³-hybridized carbons (Fsp3) is 0.100. The number of aryl methyl sites for hydroxylation is 1. The Morgan fingerprint density at radius 3 is 2.61 bits per heavy atom. The van der Waals surface area contributed by atoms with Gasteiger partial charge in [-0.2, -0.15) is 10.2 Å². The van der Waals surface area contributed by atoms with Crippen molar-refractivity contribution in [3.8, 4) is 11.4 Å². The molecule has 1 amide bonds. The number of halogens is 1. The van der Waals surface area contributed by atoms with Gasteiger partial charge in [0.05, 0.1) is 23.1 Å². The monoisotopic (exact) mass is 376 g/mol. The third-order valence-electron chi connectivity index (χ3n) is 4.47. The van der Waals surface area contributed by atoms with Crippen molar-refractivity contribution in [1.82, 2.24) is 24.5 Å².